The Bertz CT molecular complexity index is 1960. The molecule has 6 aromatic rings. The molecule has 0 aliphatic rings. The van der Waals surface area contributed by atoms with Crippen LogP contribution in [0, 0.1) is 27.7 Å². The molecule has 0 aliphatic heterocycles. The number of hydrogen-bond donors (Lipinski definition) is 0. The fourth-order valence-corrected chi connectivity index (χ4v) is 8.46. The van der Waals surface area contributed by atoms with Crippen molar-refractivity contribution >= 4 is 35.1 Å². The highest BCUT2D eigenvalue weighted by molar-refractivity contribution is 7.99. The molecule has 9 heteroatoms. The van der Waals surface area contributed by atoms with Crippen LogP contribution in [0.4, 0.5) is 0 Å². The smallest absolute Gasteiger partial charge is 0.103 e. The fourth-order valence-electron chi connectivity index (χ4n) is 5.56. The summed E-state index contributed by atoms with van der Waals surface area (Å²) in [6.07, 6.45) is 5.28. The van der Waals surface area contributed by atoms with Gasteiger partial charge in [0.15, 0.2) is 0 Å². The lowest BCUT2D eigenvalue weighted by Gasteiger charge is -2.13. The first kappa shape index (κ1) is 36.4. The Hall–Kier alpha value is -3.85. The van der Waals surface area contributed by atoms with Crippen molar-refractivity contribution in [1.82, 2.24) is 29.5 Å². The van der Waals surface area contributed by atoms with E-state index in [4.69, 9.17) is 21.8 Å². The summed E-state index contributed by atoms with van der Waals surface area (Å²) in [5.74, 6) is 0. The third kappa shape index (κ3) is 9.65. The van der Waals surface area contributed by atoms with Crippen molar-refractivity contribution < 1.29 is 0 Å². The maximum Gasteiger partial charge on any atom is 0.103 e. The van der Waals surface area contributed by atoms with Crippen molar-refractivity contribution in [3.8, 4) is 0 Å². The molecule has 0 amide bonds. The molecule has 0 saturated carbocycles. The molecule has 4 aromatic heterocycles. The van der Waals surface area contributed by atoms with Crippen LogP contribution in [0.5, 0.6) is 0 Å². The number of aryl methyl sites for hydroxylation is 4. The van der Waals surface area contributed by atoms with Crippen LogP contribution >= 0.6 is 35.1 Å². The predicted molar refractivity (Wildman–Crippen MR) is 204 cm³/mol. The van der Waals surface area contributed by atoms with E-state index in [0.29, 0.717) is 12.1 Å². The first-order valence-corrected chi connectivity index (χ1v) is 18.6. The van der Waals surface area contributed by atoms with Crippen molar-refractivity contribution in [2.24, 2.45) is 0 Å². The van der Waals surface area contributed by atoms with Crippen molar-refractivity contribution in [3.63, 3.8) is 0 Å². The van der Waals surface area contributed by atoms with Gasteiger partial charge in [-0.15, -0.1) is 0 Å². The van der Waals surface area contributed by atoms with Gasteiger partial charge in [0, 0.05) is 74.6 Å². The molecule has 0 fully saturated rings. The monoisotopic (exact) mass is 708 g/mol. The third-order valence-electron chi connectivity index (χ3n) is 7.89. The van der Waals surface area contributed by atoms with Crippen LogP contribution in [0.15, 0.2) is 111 Å². The average Bonchev–Trinajstić information content (AvgIpc) is 3.53. The van der Waals surface area contributed by atoms with E-state index in [1.54, 1.807) is 11.8 Å². The molecule has 0 bridgehead atoms. The second kappa shape index (κ2) is 16.7. The summed E-state index contributed by atoms with van der Waals surface area (Å²) in [6.45, 7) is 17.1. The van der Waals surface area contributed by atoms with Gasteiger partial charge >= 0.3 is 0 Å². The topological polar surface area (TPSA) is 61.4 Å². The van der Waals surface area contributed by atoms with Gasteiger partial charge in [-0.2, -0.15) is 10.2 Å². The summed E-state index contributed by atoms with van der Waals surface area (Å²) < 4.78 is 4.25. The Balaban J connectivity index is 0.000000191. The van der Waals surface area contributed by atoms with Gasteiger partial charge in [0.25, 0.3) is 0 Å². The Kier molecular flexibility index (Phi) is 12.4. The van der Waals surface area contributed by atoms with Crippen molar-refractivity contribution in [1.29, 1.82) is 0 Å². The Morgan fingerprint density at radius 1 is 0.592 bits per heavy atom. The maximum atomic E-state index is 6.14. The van der Waals surface area contributed by atoms with Gasteiger partial charge in [0.2, 0.25) is 0 Å². The minimum atomic E-state index is 0.294. The van der Waals surface area contributed by atoms with E-state index < -0.39 is 0 Å². The minimum absolute atomic E-state index is 0.294. The van der Waals surface area contributed by atoms with E-state index in [2.05, 4.69) is 111 Å². The second-order valence-corrected chi connectivity index (χ2v) is 15.4. The third-order valence-corrected chi connectivity index (χ3v) is 10.3. The molecular formula is C40H45ClN6S2. The lowest BCUT2D eigenvalue weighted by atomic mass is 10.1. The normalized spacial score (nSPS) is 11.2. The molecule has 0 spiro atoms. The number of pyridine rings is 2. The number of rotatable bonds is 10. The van der Waals surface area contributed by atoms with Gasteiger partial charge in [-0.25, -0.2) is 0 Å². The fraction of sp³-hybridized carbons (Fsp3) is 0.300. The van der Waals surface area contributed by atoms with Crippen LogP contribution in [-0.4, -0.2) is 29.5 Å². The minimum Gasteiger partial charge on any atom is -0.261 e. The summed E-state index contributed by atoms with van der Waals surface area (Å²) in [5, 5.41) is 12.7. The van der Waals surface area contributed by atoms with E-state index in [1.165, 1.54) is 32.2 Å². The molecule has 2 aromatic carbocycles. The Morgan fingerprint density at radius 2 is 1.08 bits per heavy atom. The molecule has 4 heterocycles. The highest BCUT2D eigenvalue weighted by Gasteiger charge is 2.20. The molecule has 0 aliphatic carbocycles. The zero-order valence-corrected chi connectivity index (χ0v) is 32.0. The SMILES string of the molecule is Cc1cc(C)cc(Sc2c(Cc3ccccn3)c(C)nn2C(C)C)c1.Cc1nn(C(C)C)c(Sc2cccc(Cl)c2)c1Cc1ccccn1. The lowest BCUT2D eigenvalue weighted by Crippen LogP contribution is -2.05. The molecule has 0 atom stereocenters. The van der Waals surface area contributed by atoms with Crippen LogP contribution < -0.4 is 0 Å². The average molecular weight is 709 g/mol. The van der Waals surface area contributed by atoms with E-state index in [-0.39, 0.29) is 0 Å². The van der Waals surface area contributed by atoms with Crippen LogP contribution in [0.25, 0.3) is 0 Å². The van der Waals surface area contributed by atoms with Gasteiger partial charge in [0.1, 0.15) is 10.1 Å². The number of hydrogen-bond acceptors (Lipinski definition) is 6. The van der Waals surface area contributed by atoms with Gasteiger partial charge in [-0.05, 0) is 121 Å². The molecule has 49 heavy (non-hydrogen) atoms. The van der Waals surface area contributed by atoms with Crippen molar-refractivity contribution in [2.75, 3.05) is 0 Å². The first-order chi connectivity index (χ1) is 23.5. The zero-order chi connectivity index (χ0) is 35.1. The lowest BCUT2D eigenvalue weighted by molar-refractivity contribution is 0.489. The number of nitrogens with zero attached hydrogens (tertiary/aromatic N) is 6. The van der Waals surface area contributed by atoms with E-state index in [9.17, 15) is 0 Å². The van der Waals surface area contributed by atoms with Crippen molar-refractivity contribution in [2.45, 2.75) is 100 Å². The van der Waals surface area contributed by atoms with Gasteiger partial charge in [-0.3, -0.25) is 19.3 Å². The molecular weight excluding hydrogens is 664 g/mol. The molecule has 6 rings (SSSR count). The summed E-state index contributed by atoms with van der Waals surface area (Å²) >= 11 is 9.66. The maximum absolute atomic E-state index is 6.14. The largest absolute Gasteiger partial charge is 0.261 e. The van der Waals surface area contributed by atoms with Crippen LogP contribution in [0.3, 0.4) is 0 Å². The highest BCUT2D eigenvalue weighted by atomic mass is 35.5. The Labute approximate surface area is 304 Å². The molecule has 6 nitrogen and oxygen atoms in total. The number of benzene rings is 2. The molecule has 0 saturated heterocycles. The molecule has 0 radical (unpaired) electrons. The molecule has 0 N–H and O–H groups in total. The van der Waals surface area contributed by atoms with Gasteiger partial charge in [-0.1, -0.05) is 59.4 Å². The van der Waals surface area contributed by atoms with Gasteiger partial charge < -0.3 is 0 Å². The summed E-state index contributed by atoms with van der Waals surface area (Å²) in [5.41, 5.74) is 9.37. The van der Waals surface area contributed by atoms with E-state index in [1.807, 2.05) is 66.6 Å². The number of aromatic nitrogens is 6. The summed E-state index contributed by atoms with van der Waals surface area (Å²) in [7, 11) is 0. The molecule has 254 valence electrons. The van der Waals surface area contributed by atoms with Crippen molar-refractivity contribution in [3.05, 3.63) is 141 Å². The summed E-state index contributed by atoms with van der Waals surface area (Å²) in [6, 6.07) is 27.4. The standard InChI is InChI=1S/C21H25N3S.C19H20ClN3S/c1-14(2)24-21(25-19-11-15(3)10-16(4)12-19)20(17(5)23-24)13-18-8-6-7-9-22-18;1-13(2)23-19(24-17-9-6-7-15(20)11-17)18(14(3)22-23)12-16-8-4-5-10-21-16/h6-12,14H,13H2,1-5H3;4-11,13H,12H2,1-3H3. The number of halogens is 1. The quantitative estimate of drug-likeness (QED) is 0.141. The van der Waals surface area contributed by atoms with Crippen LogP contribution in [0.2, 0.25) is 5.02 Å². The first-order valence-electron chi connectivity index (χ1n) is 16.6. The highest BCUT2D eigenvalue weighted by Crippen LogP contribution is 2.37. The molecule has 0 unspecified atom stereocenters. The van der Waals surface area contributed by atoms with Gasteiger partial charge in [0.05, 0.1) is 11.4 Å². The zero-order valence-electron chi connectivity index (χ0n) is 29.6. The van der Waals surface area contributed by atoms with E-state index >= 15 is 0 Å². The van der Waals surface area contributed by atoms with Crippen LogP contribution in [-0.2, 0) is 12.8 Å². The predicted octanol–water partition coefficient (Wildman–Crippen LogP) is 11.1. The Morgan fingerprint density at radius 3 is 1.51 bits per heavy atom. The van der Waals surface area contributed by atoms with E-state index in [0.717, 1.165) is 50.6 Å². The second-order valence-electron chi connectivity index (χ2n) is 12.8. The van der Waals surface area contributed by atoms with Crippen LogP contribution in [0.1, 0.15) is 84.8 Å². The summed E-state index contributed by atoms with van der Waals surface area (Å²) in [4.78, 5) is 11.3.